The summed E-state index contributed by atoms with van der Waals surface area (Å²) in [6.45, 7) is 8.24. The van der Waals surface area contributed by atoms with E-state index in [4.69, 9.17) is 11.6 Å². The van der Waals surface area contributed by atoms with Crippen LogP contribution in [0.25, 0.3) is 0 Å². The van der Waals surface area contributed by atoms with Gasteiger partial charge in [0.05, 0.1) is 0 Å². The largest absolute Gasteiger partial charge is 0.384 e. The maximum atomic E-state index is 5.76. The molecule has 1 aromatic rings. The minimum Gasteiger partial charge on any atom is -0.384 e. The number of halogens is 1. The molecule has 1 rings (SSSR count). The van der Waals surface area contributed by atoms with E-state index < -0.39 is 0 Å². The highest BCUT2D eigenvalue weighted by Gasteiger charge is 2.06. The van der Waals surface area contributed by atoms with Crippen LogP contribution in [0.1, 0.15) is 20.8 Å². The molecule has 15 heavy (non-hydrogen) atoms. The van der Waals surface area contributed by atoms with Crippen molar-refractivity contribution in [2.75, 3.05) is 18.4 Å². The maximum Gasteiger partial charge on any atom is 0.131 e. The molecule has 0 aromatic carbocycles. The average Bonchev–Trinajstić information content (AvgIpc) is 2.11. The molecule has 0 radical (unpaired) electrons. The minimum atomic E-state index is 0.164. The number of pyridine rings is 1. The predicted octanol–water partition coefficient (Wildman–Crippen LogP) is 2.54. The first-order valence-corrected chi connectivity index (χ1v) is 5.46. The van der Waals surface area contributed by atoms with Gasteiger partial charge in [-0.05, 0) is 32.9 Å². The number of nitrogens with zero attached hydrogens (tertiary/aromatic N) is 1. The van der Waals surface area contributed by atoms with Gasteiger partial charge in [-0.2, -0.15) is 0 Å². The molecule has 0 amide bonds. The molecule has 3 nitrogen and oxygen atoms in total. The predicted molar refractivity (Wildman–Crippen MR) is 65.5 cm³/mol. The molecule has 0 aliphatic rings. The second-order valence-electron chi connectivity index (χ2n) is 4.47. The first-order valence-electron chi connectivity index (χ1n) is 5.08. The van der Waals surface area contributed by atoms with Crippen LogP contribution in [-0.4, -0.2) is 23.6 Å². The topological polar surface area (TPSA) is 37.0 Å². The van der Waals surface area contributed by atoms with Gasteiger partial charge in [0, 0.05) is 30.5 Å². The Kier molecular flexibility index (Phi) is 4.36. The Bertz CT molecular complexity index is 307. The maximum absolute atomic E-state index is 5.76. The van der Waals surface area contributed by atoms with E-state index in [1.807, 2.05) is 12.1 Å². The van der Waals surface area contributed by atoms with Crippen LogP contribution in [0.3, 0.4) is 0 Å². The molecule has 0 bridgehead atoms. The van der Waals surface area contributed by atoms with Gasteiger partial charge in [0.25, 0.3) is 0 Å². The van der Waals surface area contributed by atoms with Crippen LogP contribution in [0.5, 0.6) is 0 Å². The summed E-state index contributed by atoms with van der Waals surface area (Å²) in [5.41, 5.74) is 1.17. The highest BCUT2D eigenvalue weighted by Crippen LogP contribution is 2.11. The molecule has 0 saturated carbocycles. The van der Waals surface area contributed by atoms with Gasteiger partial charge >= 0.3 is 0 Å². The SMILES string of the molecule is CC(C)(C)NCCNc1ccnc(Cl)c1. The van der Waals surface area contributed by atoms with Crippen LogP contribution < -0.4 is 10.6 Å². The van der Waals surface area contributed by atoms with Crippen molar-refractivity contribution in [1.29, 1.82) is 0 Å². The average molecular weight is 228 g/mol. The van der Waals surface area contributed by atoms with Gasteiger partial charge < -0.3 is 10.6 Å². The van der Waals surface area contributed by atoms with Crippen molar-refractivity contribution in [3.05, 3.63) is 23.5 Å². The molecule has 0 atom stereocenters. The van der Waals surface area contributed by atoms with Crippen molar-refractivity contribution in [3.63, 3.8) is 0 Å². The van der Waals surface area contributed by atoms with Crippen molar-refractivity contribution < 1.29 is 0 Å². The van der Waals surface area contributed by atoms with Crippen LogP contribution in [0.15, 0.2) is 18.3 Å². The third-order valence-electron chi connectivity index (χ3n) is 1.84. The van der Waals surface area contributed by atoms with Gasteiger partial charge in [-0.15, -0.1) is 0 Å². The third-order valence-corrected chi connectivity index (χ3v) is 2.04. The molecule has 4 heteroatoms. The Morgan fingerprint density at radius 1 is 1.33 bits per heavy atom. The third kappa shape index (κ3) is 5.60. The van der Waals surface area contributed by atoms with Crippen molar-refractivity contribution >= 4 is 17.3 Å². The van der Waals surface area contributed by atoms with Gasteiger partial charge in [-0.25, -0.2) is 4.98 Å². The molecule has 2 N–H and O–H groups in total. The summed E-state index contributed by atoms with van der Waals surface area (Å²) in [5, 5.41) is 7.18. The molecule has 0 aliphatic carbocycles. The normalized spacial score (nSPS) is 11.5. The highest BCUT2D eigenvalue weighted by atomic mass is 35.5. The summed E-state index contributed by atoms with van der Waals surface area (Å²) in [6, 6.07) is 3.72. The van der Waals surface area contributed by atoms with Gasteiger partial charge in [-0.3, -0.25) is 0 Å². The summed E-state index contributed by atoms with van der Waals surface area (Å²) >= 11 is 5.76. The second-order valence-corrected chi connectivity index (χ2v) is 4.86. The van der Waals surface area contributed by atoms with E-state index >= 15 is 0 Å². The van der Waals surface area contributed by atoms with E-state index in [0.29, 0.717) is 5.15 Å². The van der Waals surface area contributed by atoms with Gasteiger partial charge in [0.15, 0.2) is 0 Å². The Hall–Kier alpha value is -0.800. The molecule has 0 fully saturated rings. The zero-order valence-electron chi connectivity index (χ0n) is 9.47. The van der Waals surface area contributed by atoms with Crippen molar-refractivity contribution in [2.24, 2.45) is 0 Å². The smallest absolute Gasteiger partial charge is 0.131 e. The molecular weight excluding hydrogens is 210 g/mol. The Morgan fingerprint density at radius 3 is 2.67 bits per heavy atom. The lowest BCUT2D eigenvalue weighted by molar-refractivity contribution is 0.435. The fourth-order valence-corrected chi connectivity index (χ4v) is 1.33. The van der Waals surface area contributed by atoms with E-state index in [0.717, 1.165) is 18.8 Å². The molecule has 0 aliphatic heterocycles. The first kappa shape index (κ1) is 12.3. The monoisotopic (exact) mass is 227 g/mol. The number of nitrogens with one attached hydrogen (secondary N) is 2. The first-order chi connectivity index (χ1) is 6.97. The van der Waals surface area contributed by atoms with E-state index in [9.17, 15) is 0 Å². The van der Waals surface area contributed by atoms with Gasteiger partial charge in [0.2, 0.25) is 0 Å². The summed E-state index contributed by atoms with van der Waals surface area (Å²) < 4.78 is 0. The van der Waals surface area contributed by atoms with Crippen LogP contribution in [0, 0.1) is 0 Å². The lowest BCUT2D eigenvalue weighted by Crippen LogP contribution is -2.38. The molecule has 1 aromatic heterocycles. The Labute approximate surface area is 96.2 Å². The number of anilines is 1. The van der Waals surface area contributed by atoms with Crippen LogP contribution >= 0.6 is 11.6 Å². The standard InChI is InChI=1S/C11H18ClN3/c1-11(2,3)15-7-6-13-9-4-5-14-10(12)8-9/h4-5,8,15H,6-7H2,1-3H3,(H,13,14). The van der Waals surface area contributed by atoms with Gasteiger partial charge in [-0.1, -0.05) is 11.6 Å². The number of hydrogen-bond donors (Lipinski definition) is 2. The molecule has 0 unspecified atom stereocenters. The summed E-state index contributed by atoms with van der Waals surface area (Å²) in [6.07, 6.45) is 1.70. The molecule has 0 spiro atoms. The zero-order valence-corrected chi connectivity index (χ0v) is 10.2. The lowest BCUT2D eigenvalue weighted by atomic mass is 10.1. The molecule has 1 heterocycles. The van der Waals surface area contributed by atoms with E-state index in [2.05, 4.69) is 36.4 Å². The lowest BCUT2D eigenvalue weighted by Gasteiger charge is -2.20. The van der Waals surface area contributed by atoms with E-state index in [1.54, 1.807) is 6.20 Å². The Balaban J connectivity index is 2.26. The summed E-state index contributed by atoms with van der Waals surface area (Å²) in [4.78, 5) is 3.92. The number of rotatable bonds is 4. The molecule has 84 valence electrons. The Morgan fingerprint density at radius 2 is 2.07 bits per heavy atom. The van der Waals surface area contributed by atoms with Crippen LogP contribution in [0.2, 0.25) is 5.15 Å². The van der Waals surface area contributed by atoms with E-state index in [1.165, 1.54) is 0 Å². The number of aromatic nitrogens is 1. The van der Waals surface area contributed by atoms with E-state index in [-0.39, 0.29) is 5.54 Å². The summed E-state index contributed by atoms with van der Waals surface area (Å²) in [7, 11) is 0. The zero-order chi connectivity index (χ0) is 11.3. The second kappa shape index (κ2) is 5.33. The molecular formula is C11H18ClN3. The highest BCUT2D eigenvalue weighted by molar-refractivity contribution is 6.29. The van der Waals surface area contributed by atoms with Gasteiger partial charge in [0.1, 0.15) is 5.15 Å². The van der Waals surface area contributed by atoms with Crippen molar-refractivity contribution in [2.45, 2.75) is 26.3 Å². The van der Waals surface area contributed by atoms with Crippen LogP contribution in [0.4, 0.5) is 5.69 Å². The van der Waals surface area contributed by atoms with Crippen molar-refractivity contribution in [1.82, 2.24) is 10.3 Å². The van der Waals surface area contributed by atoms with Crippen LogP contribution in [-0.2, 0) is 0 Å². The minimum absolute atomic E-state index is 0.164. The quantitative estimate of drug-likeness (QED) is 0.613. The summed E-state index contributed by atoms with van der Waals surface area (Å²) in [5.74, 6) is 0. The number of hydrogen-bond acceptors (Lipinski definition) is 3. The van der Waals surface area contributed by atoms with Crippen molar-refractivity contribution in [3.8, 4) is 0 Å². The molecule has 0 saturated heterocycles. The fraction of sp³-hybridized carbons (Fsp3) is 0.545. The fourth-order valence-electron chi connectivity index (χ4n) is 1.16.